The average molecular weight is 915 g/mol. The van der Waals surface area contributed by atoms with Gasteiger partial charge in [0.2, 0.25) is 0 Å². The van der Waals surface area contributed by atoms with Crippen molar-refractivity contribution < 1.29 is 69.0 Å². The van der Waals surface area contributed by atoms with Crippen LogP contribution < -0.4 is 0 Å². The van der Waals surface area contributed by atoms with Crippen LogP contribution in [0.25, 0.3) is 0 Å². The maximum atomic E-state index is 13.0. The van der Waals surface area contributed by atoms with Gasteiger partial charge in [-0.3, -0.25) is 4.79 Å². The van der Waals surface area contributed by atoms with Gasteiger partial charge in [-0.15, -0.1) is 0 Å². The second-order valence-corrected chi connectivity index (χ2v) is 17.6. The van der Waals surface area contributed by atoms with Crippen molar-refractivity contribution in [2.24, 2.45) is 0 Å². The van der Waals surface area contributed by atoms with Crippen molar-refractivity contribution in [1.29, 1.82) is 0 Å². The Morgan fingerprint density at radius 2 is 0.969 bits per heavy atom. The molecule has 2 rings (SSSR count). The van der Waals surface area contributed by atoms with Crippen molar-refractivity contribution in [2.75, 3.05) is 33.0 Å². The molecule has 0 aromatic rings. The molecular formula is C50H90O14. The molecule has 2 heterocycles. The zero-order chi connectivity index (χ0) is 46.6. The van der Waals surface area contributed by atoms with Crippen LogP contribution in [0, 0.1) is 0 Å². The summed E-state index contributed by atoms with van der Waals surface area (Å²) in [7, 11) is 0. The summed E-state index contributed by atoms with van der Waals surface area (Å²) in [5, 5.41) is 72.0. The van der Waals surface area contributed by atoms with E-state index in [2.05, 4.69) is 50.3 Å². The molecule has 0 spiro atoms. The highest BCUT2D eigenvalue weighted by atomic mass is 16.7. The maximum absolute atomic E-state index is 13.0. The van der Waals surface area contributed by atoms with E-state index < -0.39 is 80.7 Å². The van der Waals surface area contributed by atoms with Crippen LogP contribution in [0.15, 0.2) is 36.5 Å². The summed E-state index contributed by atoms with van der Waals surface area (Å²) in [5.74, 6) is -0.390. The Morgan fingerprint density at radius 3 is 1.55 bits per heavy atom. The molecule has 2 fully saturated rings. The SMILES string of the molecule is CCCCC/C=C\C/C=C\CCCCCCCCOCC(COC1OC(COC2OC(CO)C(O)C(O)C2O)C(O)C(O)C1O)OC(=O)CCCCCCC/C=C\CCCCCCC. The Morgan fingerprint density at radius 1 is 0.516 bits per heavy atom. The molecule has 2 aliphatic rings. The van der Waals surface area contributed by atoms with Gasteiger partial charge in [0.1, 0.15) is 54.9 Å². The Bertz CT molecular complexity index is 1200. The normalized spacial score (nSPS) is 27.0. The minimum absolute atomic E-state index is 0.0515. The van der Waals surface area contributed by atoms with Gasteiger partial charge in [-0.2, -0.15) is 0 Å². The topological polar surface area (TPSA) is 214 Å². The lowest BCUT2D eigenvalue weighted by molar-refractivity contribution is -0.332. The lowest BCUT2D eigenvalue weighted by Gasteiger charge is -2.42. The van der Waals surface area contributed by atoms with E-state index >= 15 is 0 Å². The van der Waals surface area contributed by atoms with Gasteiger partial charge in [0.25, 0.3) is 0 Å². The molecule has 7 N–H and O–H groups in total. The molecule has 64 heavy (non-hydrogen) atoms. The molecule has 0 aliphatic carbocycles. The molecule has 14 heteroatoms. The third kappa shape index (κ3) is 25.9. The Kier molecular flexibility index (Phi) is 34.8. The highest BCUT2D eigenvalue weighted by Gasteiger charge is 2.47. The molecule has 0 aromatic carbocycles. The molecule has 11 unspecified atom stereocenters. The van der Waals surface area contributed by atoms with Crippen molar-refractivity contribution in [3.63, 3.8) is 0 Å². The number of esters is 1. The number of ether oxygens (including phenoxy) is 6. The van der Waals surface area contributed by atoms with Gasteiger partial charge < -0.3 is 64.2 Å². The number of allylic oxidation sites excluding steroid dienone is 6. The maximum Gasteiger partial charge on any atom is 0.306 e. The Labute approximate surface area is 385 Å². The fourth-order valence-corrected chi connectivity index (χ4v) is 7.72. The molecule has 0 bridgehead atoms. The number of aliphatic hydroxyl groups is 7. The molecule has 14 nitrogen and oxygen atoms in total. The van der Waals surface area contributed by atoms with Crippen molar-refractivity contribution in [1.82, 2.24) is 0 Å². The molecule has 0 aromatic heterocycles. The predicted octanol–water partition coefficient (Wildman–Crippen LogP) is 7.02. The first-order valence-electron chi connectivity index (χ1n) is 25.1. The first-order chi connectivity index (χ1) is 31.1. The minimum atomic E-state index is -1.71. The summed E-state index contributed by atoms with van der Waals surface area (Å²) in [6.45, 7) is 3.61. The van der Waals surface area contributed by atoms with E-state index in [4.69, 9.17) is 28.4 Å². The monoisotopic (exact) mass is 915 g/mol. The van der Waals surface area contributed by atoms with E-state index in [1.165, 1.54) is 70.6 Å². The van der Waals surface area contributed by atoms with Gasteiger partial charge in [-0.25, -0.2) is 0 Å². The lowest BCUT2D eigenvalue weighted by atomic mass is 9.98. The summed E-state index contributed by atoms with van der Waals surface area (Å²) in [6, 6.07) is 0. The molecule has 2 saturated heterocycles. The highest BCUT2D eigenvalue weighted by Crippen LogP contribution is 2.26. The molecule has 11 atom stereocenters. The Balaban J connectivity index is 1.79. The van der Waals surface area contributed by atoms with E-state index in [0.717, 1.165) is 77.0 Å². The minimum Gasteiger partial charge on any atom is -0.457 e. The van der Waals surface area contributed by atoms with Crippen LogP contribution in [0.1, 0.15) is 174 Å². The fraction of sp³-hybridized carbons (Fsp3) is 0.860. The van der Waals surface area contributed by atoms with Crippen molar-refractivity contribution in [3.8, 4) is 0 Å². The second-order valence-electron chi connectivity index (χ2n) is 17.6. The van der Waals surface area contributed by atoms with Crippen molar-refractivity contribution >= 4 is 5.97 Å². The summed E-state index contributed by atoms with van der Waals surface area (Å²) in [4.78, 5) is 13.0. The number of hydrogen-bond acceptors (Lipinski definition) is 14. The lowest BCUT2D eigenvalue weighted by Crippen LogP contribution is -2.61. The zero-order valence-electron chi connectivity index (χ0n) is 39.5. The Hall–Kier alpha value is -1.79. The van der Waals surface area contributed by atoms with E-state index in [9.17, 15) is 40.5 Å². The summed E-state index contributed by atoms with van der Waals surface area (Å²) in [6.07, 6.45) is 24.9. The number of unbranched alkanes of at least 4 members (excludes halogenated alkanes) is 19. The van der Waals surface area contributed by atoms with Gasteiger partial charge in [0.15, 0.2) is 12.6 Å². The van der Waals surface area contributed by atoms with E-state index in [-0.39, 0.29) is 25.6 Å². The number of rotatable bonds is 39. The third-order valence-corrected chi connectivity index (χ3v) is 11.9. The number of carbonyl (C=O) groups excluding carboxylic acids is 1. The van der Waals surface area contributed by atoms with Crippen LogP contribution in [0.2, 0.25) is 0 Å². The van der Waals surface area contributed by atoms with Crippen LogP contribution in [0.4, 0.5) is 0 Å². The van der Waals surface area contributed by atoms with Gasteiger partial charge in [-0.05, 0) is 70.6 Å². The molecule has 0 radical (unpaired) electrons. The van der Waals surface area contributed by atoms with Gasteiger partial charge in [0.05, 0.1) is 26.4 Å². The first kappa shape index (κ1) is 58.3. The smallest absolute Gasteiger partial charge is 0.306 e. The summed E-state index contributed by atoms with van der Waals surface area (Å²) in [5.41, 5.74) is 0. The van der Waals surface area contributed by atoms with Gasteiger partial charge >= 0.3 is 5.97 Å². The molecule has 2 aliphatic heterocycles. The van der Waals surface area contributed by atoms with E-state index in [1.54, 1.807) is 0 Å². The van der Waals surface area contributed by atoms with E-state index in [0.29, 0.717) is 13.0 Å². The van der Waals surface area contributed by atoms with Gasteiger partial charge in [-0.1, -0.05) is 134 Å². The fourth-order valence-electron chi connectivity index (χ4n) is 7.72. The molecule has 0 amide bonds. The van der Waals surface area contributed by atoms with Gasteiger partial charge in [0, 0.05) is 13.0 Å². The largest absolute Gasteiger partial charge is 0.457 e. The predicted molar refractivity (Wildman–Crippen MR) is 247 cm³/mol. The van der Waals surface area contributed by atoms with Crippen LogP contribution in [-0.4, -0.2) is 142 Å². The van der Waals surface area contributed by atoms with Crippen LogP contribution in [0.3, 0.4) is 0 Å². The number of carbonyl (C=O) groups is 1. The molecule has 374 valence electrons. The van der Waals surface area contributed by atoms with Crippen molar-refractivity contribution in [2.45, 2.75) is 242 Å². The number of aliphatic hydroxyl groups excluding tert-OH is 7. The van der Waals surface area contributed by atoms with Crippen LogP contribution in [-0.2, 0) is 33.2 Å². The third-order valence-electron chi connectivity index (χ3n) is 11.9. The van der Waals surface area contributed by atoms with E-state index in [1.807, 2.05) is 0 Å². The quantitative estimate of drug-likeness (QED) is 0.0188. The summed E-state index contributed by atoms with van der Waals surface area (Å²) >= 11 is 0. The molecular weight excluding hydrogens is 825 g/mol. The zero-order valence-corrected chi connectivity index (χ0v) is 39.5. The second kappa shape index (κ2) is 38.2. The van der Waals surface area contributed by atoms with Crippen LogP contribution in [0.5, 0.6) is 0 Å². The molecule has 0 saturated carbocycles. The summed E-state index contributed by atoms with van der Waals surface area (Å²) < 4.78 is 34.2. The number of hydrogen-bond donors (Lipinski definition) is 7. The first-order valence-corrected chi connectivity index (χ1v) is 25.1. The standard InChI is InChI=1S/C50H90O14/c1-3-5-7-9-11-13-15-17-19-20-22-24-26-28-30-32-34-59-36-39(62-42(52)33-31-29-27-25-23-21-18-16-14-12-10-8-6-4-2)37-60-49-48(58)46(56)44(54)41(64-49)38-61-50-47(57)45(55)43(53)40(35-51)63-50/h11,13,16-19,39-41,43-51,53-58H,3-10,12,14-15,20-38H2,1-2H3/b13-11-,18-16-,19-17-. The highest BCUT2D eigenvalue weighted by molar-refractivity contribution is 5.69. The average Bonchev–Trinajstić information content (AvgIpc) is 3.29. The van der Waals surface area contributed by atoms with Crippen molar-refractivity contribution in [3.05, 3.63) is 36.5 Å². The van der Waals surface area contributed by atoms with Crippen LogP contribution >= 0.6 is 0 Å².